The van der Waals surface area contributed by atoms with Crippen molar-refractivity contribution in [2.75, 3.05) is 11.5 Å². The van der Waals surface area contributed by atoms with Crippen LogP contribution in [0.4, 0.5) is 11.4 Å². The molecule has 0 radical (unpaired) electrons. The molecule has 4 rings (SSSR count). The van der Waals surface area contributed by atoms with Gasteiger partial charge in [0.05, 0.1) is 22.9 Å². The summed E-state index contributed by atoms with van der Waals surface area (Å²) < 4.78 is 5.49. The number of ether oxygens (including phenoxy) is 1. The molecule has 1 amide bonds. The second-order valence-electron chi connectivity index (χ2n) is 6.32. The van der Waals surface area contributed by atoms with Crippen molar-refractivity contribution in [1.29, 1.82) is 0 Å². The van der Waals surface area contributed by atoms with Crippen LogP contribution >= 0.6 is 11.8 Å². The van der Waals surface area contributed by atoms with Crippen LogP contribution in [-0.2, 0) is 4.79 Å². The number of nitrogens with zero attached hydrogens (tertiary/aromatic N) is 2. The zero-order chi connectivity index (χ0) is 20.1. The molecule has 0 bridgehead atoms. The van der Waals surface area contributed by atoms with Gasteiger partial charge in [0.25, 0.3) is 5.91 Å². The fraction of sp³-hybridized carbons (Fsp3) is 0.0833. The van der Waals surface area contributed by atoms with Gasteiger partial charge in [0.15, 0.2) is 5.17 Å². The van der Waals surface area contributed by atoms with E-state index in [9.17, 15) is 4.79 Å². The molecule has 3 aromatic carbocycles. The Morgan fingerprint density at radius 3 is 2.24 bits per heavy atom. The second-order valence-corrected chi connectivity index (χ2v) is 7.33. The number of thioether (sulfide) groups is 1. The molecule has 0 aliphatic carbocycles. The third-order valence-corrected chi connectivity index (χ3v) is 5.26. The maximum Gasteiger partial charge on any atom is 0.271 e. The normalized spacial score (nSPS) is 16.6. The molecule has 0 N–H and O–H groups in total. The Hall–Kier alpha value is -3.31. The smallest absolute Gasteiger partial charge is 0.271 e. The third-order valence-electron chi connectivity index (χ3n) is 4.29. The molecule has 4 nitrogen and oxygen atoms in total. The minimum Gasteiger partial charge on any atom is -0.494 e. The van der Waals surface area contributed by atoms with Crippen molar-refractivity contribution in [1.82, 2.24) is 0 Å². The van der Waals surface area contributed by atoms with Crippen molar-refractivity contribution in [2.45, 2.75) is 6.92 Å². The van der Waals surface area contributed by atoms with E-state index in [-0.39, 0.29) is 5.91 Å². The van der Waals surface area contributed by atoms with Crippen molar-refractivity contribution in [3.05, 3.63) is 95.4 Å². The SMILES string of the molecule is CCOc1ccc(/C=C2/SC(=Nc3ccccc3)N(c3ccccc3)C2=O)cc1. The van der Waals surface area contributed by atoms with Crippen LogP contribution in [0.3, 0.4) is 0 Å². The monoisotopic (exact) mass is 400 g/mol. The van der Waals surface area contributed by atoms with E-state index in [4.69, 9.17) is 9.73 Å². The van der Waals surface area contributed by atoms with Gasteiger partial charge in [0.1, 0.15) is 5.75 Å². The number of amidine groups is 1. The molecule has 0 saturated carbocycles. The zero-order valence-corrected chi connectivity index (χ0v) is 16.8. The first-order chi connectivity index (χ1) is 14.2. The molecule has 5 heteroatoms. The second kappa shape index (κ2) is 8.80. The summed E-state index contributed by atoms with van der Waals surface area (Å²) in [5.41, 5.74) is 2.55. The zero-order valence-electron chi connectivity index (χ0n) is 16.0. The summed E-state index contributed by atoms with van der Waals surface area (Å²) in [6, 6.07) is 27.0. The lowest BCUT2D eigenvalue weighted by Gasteiger charge is -2.15. The van der Waals surface area contributed by atoms with Gasteiger partial charge in [-0.2, -0.15) is 0 Å². The molecule has 1 fully saturated rings. The van der Waals surface area contributed by atoms with Gasteiger partial charge < -0.3 is 4.74 Å². The van der Waals surface area contributed by atoms with Gasteiger partial charge in [-0.15, -0.1) is 0 Å². The number of carbonyl (C=O) groups is 1. The van der Waals surface area contributed by atoms with Crippen LogP contribution in [0.15, 0.2) is 94.8 Å². The van der Waals surface area contributed by atoms with E-state index in [1.54, 1.807) is 4.90 Å². The highest BCUT2D eigenvalue weighted by Gasteiger charge is 2.34. The molecule has 1 heterocycles. The summed E-state index contributed by atoms with van der Waals surface area (Å²) in [7, 11) is 0. The van der Waals surface area contributed by atoms with E-state index in [0.717, 1.165) is 22.7 Å². The van der Waals surface area contributed by atoms with Gasteiger partial charge >= 0.3 is 0 Å². The van der Waals surface area contributed by atoms with Crippen molar-refractivity contribution >= 4 is 40.3 Å². The Balaban J connectivity index is 1.70. The highest BCUT2D eigenvalue weighted by atomic mass is 32.2. The number of hydrogen-bond donors (Lipinski definition) is 0. The Morgan fingerprint density at radius 2 is 1.59 bits per heavy atom. The Labute approximate surface area is 174 Å². The summed E-state index contributed by atoms with van der Waals surface area (Å²) >= 11 is 1.38. The average molecular weight is 401 g/mol. The minimum absolute atomic E-state index is 0.0789. The number of anilines is 1. The van der Waals surface area contributed by atoms with Crippen molar-refractivity contribution < 1.29 is 9.53 Å². The molecule has 0 atom stereocenters. The van der Waals surface area contributed by atoms with Crippen LogP contribution in [0.5, 0.6) is 5.75 Å². The van der Waals surface area contributed by atoms with Crippen molar-refractivity contribution in [3.8, 4) is 5.75 Å². The molecule has 3 aromatic rings. The van der Waals surface area contributed by atoms with Crippen molar-refractivity contribution in [2.24, 2.45) is 4.99 Å². The summed E-state index contributed by atoms with van der Waals surface area (Å²) in [5, 5.41) is 0.643. The summed E-state index contributed by atoms with van der Waals surface area (Å²) in [6.07, 6.45) is 1.90. The molecule has 0 unspecified atom stereocenters. The molecule has 1 aliphatic rings. The van der Waals surface area contributed by atoms with Crippen LogP contribution in [0.1, 0.15) is 12.5 Å². The predicted octanol–water partition coefficient (Wildman–Crippen LogP) is 5.89. The number of amides is 1. The Bertz CT molecular complexity index is 1050. The molecular weight excluding hydrogens is 380 g/mol. The lowest BCUT2D eigenvalue weighted by Crippen LogP contribution is -2.28. The van der Waals surface area contributed by atoms with Crippen LogP contribution in [-0.4, -0.2) is 17.7 Å². The van der Waals surface area contributed by atoms with E-state index < -0.39 is 0 Å². The van der Waals surface area contributed by atoms with E-state index >= 15 is 0 Å². The Kier molecular flexibility index (Phi) is 5.77. The van der Waals surface area contributed by atoms with Crippen LogP contribution < -0.4 is 9.64 Å². The van der Waals surface area contributed by atoms with Crippen LogP contribution in [0, 0.1) is 0 Å². The summed E-state index contributed by atoms with van der Waals surface area (Å²) in [5.74, 6) is 0.738. The van der Waals surface area contributed by atoms with Crippen LogP contribution in [0.25, 0.3) is 6.08 Å². The largest absolute Gasteiger partial charge is 0.494 e. The first-order valence-corrected chi connectivity index (χ1v) is 10.2. The van der Waals surface area contributed by atoms with Crippen LogP contribution in [0.2, 0.25) is 0 Å². The minimum atomic E-state index is -0.0789. The molecule has 29 heavy (non-hydrogen) atoms. The van der Waals surface area contributed by atoms with Gasteiger partial charge in [-0.3, -0.25) is 9.69 Å². The van der Waals surface area contributed by atoms with Gasteiger partial charge in [0.2, 0.25) is 0 Å². The summed E-state index contributed by atoms with van der Waals surface area (Å²) in [6.45, 7) is 2.58. The number of hydrogen-bond acceptors (Lipinski definition) is 4. The first kappa shape index (κ1) is 19.0. The first-order valence-electron chi connectivity index (χ1n) is 9.40. The van der Waals surface area contributed by atoms with Gasteiger partial charge in [-0.05, 0) is 66.7 Å². The van der Waals surface area contributed by atoms with Gasteiger partial charge in [0, 0.05) is 0 Å². The molecule has 0 spiro atoms. The highest BCUT2D eigenvalue weighted by molar-refractivity contribution is 8.19. The molecular formula is C24H20N2O2S. The number of para-hydroxylation sites is 2. The predicted molar refractivity (Wildman–Crippen MR) is 121 cm³/mol. The van der Waals surface area contributed by atoms with Crippen molar-refractivity contribution in [3.63, 3.8) is 0 Å². The quantitative estimate of drug-likeness (QED) is 0.501. The molecule has 144 valence electrons. The lowest BCUT2D eigenvalue weighted by molar-refractivity contribution is -0.113. The highest BCUT2D eigenvalue weighted by Crippen LogP contribution is 2.37. The fourth-order valence-electron chi connectivity index (χ4n) is 2.94. The molecule has 0 aromatic heterocycles. The van der Waals surface area contributed by atoms with E-state index in [2.05, 4.69) is 0 Å². The maximum atomic E-state index is 13.2. The lowest BCUT2D eigenvalue weighted by atomic mass is 10.2. The molecule has 1 aliphatic heterocycles. The summed E-state index contributed by atoms with van der Waals surface area (Å²) in [4.78, 5) is 20.2. The number of rotatable bonds is 5. The average Bonchev–Trinajstić information content (AvgIpc) is 3.05. The van der Waals surface area contributed by atoms with Gasteiger partial charge in [-0.25, -0.2) is 4.99 Å². The van der Waals surface area contributed by atoms with E-state index in [1.165, 1.54) is 11.8 Å². The van der Waals surface area contributed by atoms with Gasteiger partial charge in [-0.1, -0.05) is 48.5 Å². The Morgan fingerprint density at radius 1 is 0.931 bits per heavy atom. The van der Waals surface area contributed by atoms with E-state index in [0.29, 0.717) is 16.7 Å². The number of aliphatic imine (C=N–C) groups is 1. The fourth-order valence-corrected chi connectivity index (χ4v) is 3.95. The molecule has 1 saturated heterocycles. The maximum absolute atomic E-state index is 13.2. The van der Waals surface area contributed by atoms with E-state index in [1.807, 2.05) is 97.9 Å². The topological polar surface area (TPSA) is 41.9 Å². The third kappa shape index (κ3) is 4.41. The number of carbonyl (C=O) groups excluding carboxylic acids is 1. The number of benzene rings is 3. The standard InChI is InChI=1S/C24H20N2O2S/c1-2-28-21-15-13-18(14-16-21)17-22-23(27)26(20-11-7-4-8-12-20)24(29-22)25-19-9-5-3-6-10-19/h3-17H,2H2,1H3/b22-17+,25-24?.